The zero-order chi connectivity index (χ0) is 14.8. The Balaban J connectivity index is 2.50. The summed E-state index contributed by atoms with van der Waals surface area (Å²) in [6.07, 6.45) is 2.20. The van der Waals surface area contributed by atoms with Crippen molar-refractivity contribution in [3.05, 3.63) is 23.8 Å². The van der Waals surface area contributed by atoms with E-state index < -0.39 is 5.97 Å². The number of ether oxygens (including phenoxy) is 2. The Morgan fingerprint density at radius 2 is 2.10 bits per heavy atom. The van der Waals surface area contributed by atoms with Gasteiger partial charge in [0.1, 0.15) is 0 Å². The molecule has 1 rings (SSSR count). The van der Waals surface area contributed by atoms with E-state index >= 15 is 0 Å². The van der Waals surface area contributed by atoms with Crippen LogP contribution in [0.25, 0.3) is 0 Å². The minimum Gasteiger partial charge on any atom is -0.462 e. The highest BCUT2D eigenvalue weighted by Gasteiger charge is 2.12. The Bertz CT molecular complexity index is 422. The molecule has 0 atom stereocenters. The molecule has 0 aliphatic heterocycles. The van der Waals surface area contributed by atoms with Crippen molar-refractivity contribution in [3.63, 3.8) is 0 Å². The van der Waals surface area contributed by atoms with Gasteiger partial charge >= 0.3 is 5.97 Å². The number of anilines is 2. The Hall–Kier alpha value is -1.75. The maximum Gasteiger partial charge on any atom is 0.340 e. The lowest BCUT2D eigenvalue weighted by atomic mass is 10.1. The first-order chi connectivity index (χ1) is 9.70. The van der Waals surface area contributed by atoms with Crippen molar-refractivity contribution in [1.82, 2.24) is 0 Å². The number of nitrogens with one attached hydrogen (secondary N) is 1. The molecule has 0 aliphatic carbocycles. The van der Waals surface area contributed by atoms with Gasteiger partial charge < -0.3 is 20.5 Å². The molecule has 0 radical (unpaired) electrons. The van der Waals surface area contributed by atoms with Crippen molar-refractivity contribution < 1.29 is 14.3 Å². The molecule has 3 N–H and O–H groups in total. The molecule has 5 nitrogen and oxygen atoms in total. The van der Waals surface area contributed by atoms with Crippen LogP contribution in [0.4, 0.5) is 11.4 Å². The van der Waals surface area contributed by atoms with Gasteiger partial charge in [-0.1, -0.05) is 19.4 Å². The molecular formula is C15H24N2O3. The van der Waals surface area contributed by atoms with Gasteiger partial charge in [0.25, 0.3) is 0 Å². The van der Waals surface area contributed by atoms with Crippen LogP contribution < -0.4 is 11.1 Å². The van der Waals surface area contributed by atoms with Crippen LogP contribution in [-0.2, 0) is 9.47 Å². The first-order valence-corrected chi connectivity index (χ1v) is 7.07. The summed E-state index contributed by atoms with van der Waals surface area (Å²) < 4.78 is 10.4. The van der Waals surface area contributed by atoms with Crippen LogP contribution in [-0.4, -0.2) is 32.3 Å². The molecule has 1 aromatic carbocycles. The maximum absolute atomic E-state index is 11.7. The van der Waals surface area contributed by atoms with Crippen LogP contribution in [0.2, 0.25) is 0 Å². The van der Waals surface area contributed by atoms with Crippen molar-refractivity contribution in [2.75, 3.05) is 37.4 Å². The van der Waals surface area contributed by atoms with Gasteiger partial charge in [0.15, 0.2) is 0 Å². The molecule has 0 bridgehead atoms. The van der Waals surface area contributed by atoms with E-state index in [9.17, 15) is 4.79 Å². The van der Waals surface area contributed by atoms with E-state index in [4.69, 9.17) is 15.2 Å². The summed E-state index contributed by atoms with van der Waals surface area (Å²) in [4.78, 5) is 11.7. The highest BCUT2D eigenvalue weighted by molar-refractivity contribution is 5.98. The molecule has 0 amide bonds. The van der Waals surface area contributed by atoms with E-state index in [0.717, 1.165) is 25.1 Å². The zero-order valence-corrected chi connectivity index (χ0v) is 12.3. The Kier molecular flexibility index (Phi) is 7.50. The summed E-state index contributed by atoms with van der Waals surface area (Å²) in [5, 5.41) is 3.17. The van der Waals surface area contributed by atoms with E-state index in [-0.39, 0.29) is 0 Å². The molecule has 0 heterocycles. The predicted molar refractivity (Wildman–Crippen MR) is 81.0 cm³/mol. The monoisotopic (exact) mass is 280 g/mol. The number of carbonyl (C=O) groups is 1. The van der Waals surface area contributed by atoms with Gasteiger partial charge in [-0.2, -0.15) is 0 Å². The second-order valence-corrected chi connectivity index (χ2v) is 4.38. The van der Waals surface area contributed by atoms with Crippen molar-refractivity contribution in [3.8, 4) is 0 Å². The number of benzene rings is 1. The van der Waals surface area contributed by atoms with E-state index in [0.29, 0.717) is 31.0 Å². The topological polar surface area (TPSA) is 73.6 Å². The van der Waals surface area contributed by atoms with E-state index in [1.165, 1.54) is 0 Å². The third kappa shape index (κ3) is 5.09. The van der Waals surface area contributed by atoms with Gasteiger partial charge in [-0.15, -0.1) is 0 Å². The zero-order valence-electron chi connectivity index (χ0n) is 12.3. The van der Waals surface area contributed by atoms with Crippen LogP contribution in [0.3, 0.4) is 0 Å². The van der Waals surface area contributed by atoms with E-state index in [2.05, 4.69) is 12.2 Å². The predicted octanol–water partition coefficient (Wildman–Crippen LogP) is 2.67. The van der Waals surface area contributed by atoms with Crippen LogP contribution in [0.1, 0.15) is 37.0 Å². The molecular weight excluding hydrogens is 256 g/mol. The Labute approximate surface area is 120 Å². The first kappa shape index (κ1) is 16.3. The van der Waals surface area contributed by atoms with Gasteiger partial charge in [0.2, 0.25) is 0 Å². The van der Waals surface area contributed by atoms with Crippen LogP contribution in [0.15, 0.2) is 18.2 Å². The molecule has 0 saturated heterocycles. The number of para-hydroxylation sites is 1. The SMILES string of the molecule is CCCCOCCNc1cccc(C(=O)OCC)c1N. The molecule has 0 aromatic heterocycles. The van der Waals surface area contributed by atoms with Crippen LogP contribution in [0.5, 0.6) is 0 Å². The van der Waals surface area contributed by atoms with Gasteiger partial charge in [0.05, 0.1) is 30.2 Å². The van der Waals surface area contributed by atoms with Gasteiger partial charge in [-0.25, -0.2) is 4.79 Å². The number of unbranched alkanes of at least 4 members (excludes halogenated alkanes) is 1. The number of hydrogen-bond acceptors (Lipinski definition) is 5. The Morgan fingerprint density at radius 3 is 2.80 bits per heavy atom. The quantitative estimate of drug-likeness (QED) is 0.413. The number of esters is 1. The average Bonchev–Trinajstić information content (AvgIpc) is 2.44. The van der Waals surface area contributed by atoms with Gasteiger partial charge in [0, 0.05) is 13.2 Å². The number of carbonyl (C=O) groups excluding carboxylic acids is 1. The number of rotatable bonds is 9. The second kappa shape index (κ2) is 9.20. The van der Waals surface area contributed by atoms with Crippen molar-refractivity contribution in [1.29, 1.82) is 0 Å². The summed E-state index contributed by atoms with van der Waals surface area (Å²) in [5.41, 5.74) is 7.51. The largest absolute Gasteiger partial charge is 0.462 e. The molecule has 20 heavy (non-hydrogen) atoms. The molecule has 0 spiro atoms. The van der Waals surface area contributed by atoms with Gasteiger partial charge in [-0.3, -0.25) is 0 Å². The summed E-state index contributed by atoms with van der Waals surface area (Å²) in [6.45, 7) is 6.27. The van der Waals surface area contributed by atoms with Crippen molar-refractivity contribution in [2.24, 2.45) is 0 Å². The third-order valence-electron chi connectivity index (χ3n) is 2.81. The molecule has 1 aromatic rings. The van der Waals surface area contributed by atoms with Crippen LogP contribution >= 0.6 is 0 Å². The van der Waals surface area contributed by atoms with Gasteiger partial charge in [-0.05, 0) is 25.5 Å². The lowest BCUT2D eigenvalue weighted by Gasteiger charge is -2.12. The molecule has 0 saturated carbocycles. The number of nitrogen functional groups attached to an aromatic ring is 1. The normalized spacial score (nSPS) is 10.3. The maximum atomic E-state index is 11.7. The second-order valence-electron chi connectivity index (χ2n) is 4.38. The standard InChI is InChI=1S/C15H24N2O3/c1-3-5-10-19-11-9-17-13-8-6-7-12(14(13)16)15(18)20-4-2/h6-8,17H,3-5,9-11,16H2,1-2H3. The lowest BCUT2D eigenvalue weighted by Crippen LogP contribution is -2.14. The highest BCUT2D eigenvalue weighted by atomic mass is 16.5. The summed E-state index contributed by atoms with van der Waals surface area (Å²) in [5.74, 6) is -0.396. The minimum atomic E-state index is -0.396. The molecule has 0 fully saturated rings. The number of hydrogen-bond donors (Lipinski definition) is 2. The molecule has 112 valence electrons. The first-order valence-electron chi connectivity index (χ1n) is 7.07. The fourth-order valence-corrected chi connectivity index (χ4v) is 1.71. The summed E-state index contributed by atoms with van der Waals surface area (Å²) in [6, 6.07) is 5.28. The van der Waals surface area contributed by atoms with Crippen molar-refractivity contribution >= 4 is 17.3 Å². The average molecular weight is 280 g/mol. The molecule has 0 unspecified atom stereocenters. The highest BCUT2D eigenvalue weighted by Crippen LogP contribution is 2.23. The number of nitrogens with two attached hydrogens (primary N) is 1. The van der Waals surface area contributed by atoms with Crippen molar-refractivity contribution in [2.45, 2.75) is 26.7 Å². The molecule has 0 aliphatic rings. The third-order valence-corrected chi connectivity index (χ3v) is 2.81. The van der Waals surface area contributed by atoms with E-state index in [1.807, 2.05) is 6.07 Å². The summed E-state index contributed by atoms with van der Waals surface area (Å²) in [7, 11) is 0. The fourth-order valence-electron chi connectivity index (χ4n) is 1.71. The van der Waals surface area contributed by atoms with E-state index in [1.54, 1.807) is 19.1 Å². The minimum absolute atomic E-state index is 0.335. The fraction of sp³-hybridized carbons (Fsp3) is 0.533. The molecule has 5 heteroatoms. The summed E-state index contributed by atoms with van der Waals surface area (Å²) >= 11 is 0. The smallest absolute Gasteiger partial charge is 0.340 e. The lowest BCUT2D eigenvalue weighted by molar-refractivity contribution is 0.0527. The van der Waals surface area contributed by atoms with Crippen LogP contribution in [0, 0.1) is 0 Å². The Morgan fingerprint density at radius 1 is 1.30 bits per heavy atom.